The van der Waals surface area contributed by atoms with Crippen molar-refractivity contribution in [3.63, 3.8) is 0 Å². The van der Waals surface area contributed by atoms with E-state index in [-0.39, 0.29) is 0 Å². The van der Waals surface area contributed by atoms with E-state index in [1.54, 1.807) is 4.90 Å². The van der Waals surface area contributed by atoms with Gasteiger partial charge in [-0.05, 0) is 33.3 Å². The Morgan fingerprint density at radius 3 is 2.82 bits per heavy atom. The highest BCUT2D eigenvalue weighted by Gasteiger charge is 2.35. The molecular weight excluding hydrogens is 282 g/mol. The Hall–Kier alpha value is -1.59. The molecule has 1 heterocycles. The van der Waals surface area contributed by atoms with Crippen LogP contribution in [0.1, 0.15) is 38.0 Å². The first-order chi connectivity index (χ1) is 10.3. The van der Waals surface area contributed by atoms with Gasteiger partial charge in [0.05, 0.1) is 19.3 Å². The second-order valence-corrected chi connectivity index (χ2v) is 6.67. The van der Waals surface area contributed by atoms with Crippen molar-refractivity contribution >= 4 is 6.09 Å². The van der Waals surface area contributed by atoms with Crippen molar-refractivity contribution in [2.75, 3.05) is 19.8 Å². The van der Waals surface area contributed by atoms with Gasteiger partial charge in [-0.2, -0.15) is 0 Å². The van der Waals surface area contributed by atoms with Crippen LogP contribution < -0.4 is 0 Å². The summed E-state index contributed by atoms with van der Waals surface area (Å²) in [7, 11) is 0. The van der Waals surface area contributed by atoms with Gasteiger partial charge in [-0.25, -0.2) is 4.79 Å². The average Bonchev–Trinajstić information content (AvgIpc) is 2.44. The largest absolute Gasteiger partial charge is 0.444 e. The van der Waals surface area contributed by atoms with Crippen molar-refractivity contribution in [3.05, 3.63) is 35.4 Å². The van der Waals surface area contributed by atoms with Crippen LogP contribution in [0.5, 0.6) is 0 Å². The summed E-state index contributed by atoms with van der Waals surface area (Å²) < 4.78 is 10.9. The van der Waals surface area contributed by atoms with Gasteiger partial charge in [0.25, 0.3) is 0 Å². The lowest BCUT2D eigenvalue weighted by molar-refractivity contribution is -0.0672. The van der Waals surface area contributed by atoms with E-state index in [0.29, 0.717) is 19.8 Å². The molecule has 1 aliphatic rings. The number of hydrogen-bond donors (Lipinski definition) is 1. The maximum absolute atomic E-state index is 12.4. The van der Waals surface area contributed by atoms with Gasteiger partial charge in [-0.1, -0.05) is 29.8 Å². The summed E-state index contributed by atoms with van der Waals surface area (Å²) in [6.07, 6.45) is -1.21. The molecule has 22 heavy (non-hydrogen) atoms. The summed E-state index contributed by atoms with van der Waals surface area (Å²) in [5.41, 5.74) is 1.29. The van der Waals surface area contributed by atoms with Crippen LogP contribution in [0.25, 0.3) is 0 Å². The predicted molar refractivity (Wildman–Crippen MR) is 83.7 cm³/mol. The molecular formula is C17H25NO4. The first kappa shape index (κ1) is 16.8. The third-order valence-corrected chi connectivity index (χ3v) is 3.54. The van der Waals surface area contributed by atoms with Gasteiger partial charge in [-0.15, -0.1) is 0 Å². The predicted octanol–water partition coefficient (Wildman–Crippen LogP) is 2.66. The monoisotopic (exact) mass is 307 g/mol. The summed E-state index contributed by atoms with van der Waals surface area (Å²) in [5.74, 6) is 0. The Kier molecular flexibility index (Phi) is 5.08. The molecule has 1 N–H and O–H groups in total. The van der Waals surface area contributed by atoms with Crippen LogP contribution in [0.4, 0.5) is 4.79 Å². The number of aryl methyl sites for hydroxylation is 1. The molecule has 1 aromatic rings. The Morgan fingerprint density at radius 2 is 2.18 bits per heavy atom. The Morgan fingerprint density at radius 1 is 1.45 bits per heavy atom. The van der Waals surface area contributed by atoms with Crippen LogP contribution in [0, 0.1) is 6.92 Å². The lowest BCUT2D eigenvalue weighted by Crippen LogP contribution is -2.52. The summed E-state index contributed by atoms with van der Waals surface area (Å²) in [6.45, 7) is 8.64. The number of ether oxygens (including phenoxy) is 2. The second kappa shape index (κ2) is 6.67. The number of hydrogen-bond acceptors (Lipinski definition) is 4. The number of aliphatic hydroxyl groups is 1. The molecule has 1 saturated heterocycles. The molecule has 122 valence electrons. The van der Waals surface area contributed by atoms with E-state index >= 15 is 0 Å². The number of amides is 1. The molecule has 0 spiro atoms. The Labute approximate surface area is 131 Å². The molecule has 5 heteroatoms. The first-order valence-corrected chi connectivity index (χ1v) is 7.60. The molecule has 1 amide bonds. The Bertz CT molecular complexity index is 524. The number of benzene rings is 1. The highest BCUT2D eigenvalue weighted by molar-refractivity contribution is 5.69. The molecule has 1 aliphatic heterocycles. The van der Waals surface area contributed by atoms with Crippen molar-refractivity contribution in [3.8, 4) is 0 Å². The number of carbonyl (C=O) groups is 1. The molecule has 0 bridgehead atoms. The van der Waals surface area contributed by atoms with Gasteiger partial charge in [0.2, 0.25) is 0 Å². The summed E-state index contributed by atoms with van der Waals surface area (Å²) >= 11 is 0. The first-order valence-electron chi connectivity index (χ1n) is 7.60. The van der Waals surface area contributed by atoms with Gasteiger partial charge >= 0.3 is 6.09 Å². The van der Waals surface area contributed by atoms with Crippen LogP contribution in [0.2, 0.25) is 0 Å². The topological polar surface area (TPSA) is 59.0 Å². The molecule has 0 aromatic heterocycles. The van der Waals surface area contributed by atoms with E-state index in [9.17, 15) is 9.90 Å². The zero-order chi connectivity index (χ0) is 16.3. The van der Waals surface area contributed by atoms with E-state index in [1.165, 1.54) is 0 Å². The number of carbonyl (C=O) groups excluding carboxylic acids is 1. The van der Waals surface area contributed by atoms with Crippen LogP contribution in [0.15, 0.2) is 24.3 Å². The van der Waals surface area contributed by atoms with Crippen LogP contribution in [-0.2, 0) is 9.47 Å². The lowest BCUT2D eigenvalue weighted by atomic mass is 9.99. The number of morpholine rings is 1. The minimum atomic E-state index is -0.798. The SMILES string of the molecule is Cc1cccc(C(O)C2COCCN2C(=O)OC(C)(C)C)c1. The minimum Gasteiger partial charge on any atom is -0.444 e. The fraction of sp³-hybridized carbons (Fsp3) is 0.588. The fourth-order valence-electron chi connectivity index (χ4n) is 2.51. The van der Waals surface area contributed by atoms with E-state index in [1.807, 2.05) is 52.0 Å². The van der Waals surface area contributed by atoms with Crippen molar-refractivity contribution in [1.82, 2.24) is 4.90 Å². The smallest absolute Gasteiger partial charge is 0.410 e. The third kappa shape index (κ3) is 4.21. The maximum atomic E-state index is 12.4. The van der Waals surface area contributed by atoms with Gasteiger partial charge in [0, 0.05) is 6.54 Å². The van der Waals surface area contributed by atoms with Crippen LogP contribution in [0.3, 0.4) is 0 Å². The number of rotatable bonds is 2. The summed E-state index contributed by atoms with van der Waals surface area (Å²) in [4.78, 5) is 13.9. The van der Waals surface area contributed by atoms with Crippen LogP contribution >= 0.6 is 0 Å². The maximum Gasteiger partial charge on any atom is 0.410 e. The second-order valence-electron chi connectivity index (χ2n) is 6.67. The van der Waals surface area contributed by atoms with Gasteiger partial charge in [-0.3, -0.25) is 4.90 Å². The minimum absolute atomic E-state index is 0.300. The van der Waals surface area contributed by atoms with Gasteiger partial charge in [0.1, 0.15) is 11.7 Å². The molecule has 2 unspecified atom stereocenters. The van der Waals surface area contributed by atoms with E-state index in [0.717, 1.165) is 11.1 Å². The normalized spacial score (nSPS) is 20.6. The molecule has 2 rings (SSSR count). The standard InChI is InChI=1S/C17H25NO4/c1-12-6-5-7-13(10-12)15(19)14-11-21-9-8-18(14)16(20)22-17(2,3)4/h5-7,10,14-15,19H,8-9,11H2,1-4H3. The molecule has 1 aromatic carbocycles. The number of nitrogens with zero attached hydrogens (tertiary/aromatic N) is 1. The average molecular weight is 307 g/mol. The fourth-order valence-corrected chi connectivity index (χ4v) is 2.51. The van der Waals surface area contributed by atoms with E-state index < -0.39 is 23.8 Å². The van der Waals surface area contributed by atoms with E-state index in [2.05, 4.69) is 0 Å². The molecule has 0 radical (unpaired) electrons. The molecule has 1 fully saturated rings. The van der Waals surface area contributed by atoms with Crippen molar-refractivity contribution < 1.29 is 19.4 Å². The van der Waals surface area contributed by atoms with Crippen LogP contribution in [-0.4, -0.2) is 47.5 Å². The van der Waals surface area contributed by atoms with Gasteiger partial charge in [0.15, 0.2) is 0 Å². The molecule has 2 atom stereocenters. The van der Waals surface area contributed by atoms with Crippen molar-refractivity contribution in [2.24, 2.45) is 0 Å². The highest BCUT2D eigenvalue weighted by atomic mass is 16.6. The highest BCUT2D eigenvalue weighted by Crippen LogP contribution is 2.25. The quantitative estimate of drug-likeness (QED) is 0.912. The summed E-state index contributed by atoms with van der Waals surface area (Å²) in [6, 6.07) is 7.21. The zero-order valence-corrected chi connectivity index (χ0v) is 13.7. The van der Waals surface area contributed by atoms with E-state index in [4.69, 9.17) is 9.47 Å². The molecule has 5 nitrogen and oxygen atoms in total. The van der Waals surface area contributed by atoms with Crippen molar-refractivity contribution in [1.29, 1.82) is 0 Å². The molecule has 0 saturated carbocycles. The van der Waals surface area contributed by atoms with Crippen molar-refractivity contribution in [2.45, 2.75) is 45.4 Å². The summed E-state index contributed by atoms with van der Waals surface area (Å²) in [5, 5.41) is 10.7. The number of aliphatic hydroxyl groups excluding tert-OH is 1. The van der Waals surface area contributed by atoms with Gasteiger partial charge < -0.3 is 14.6 Å². The lowest BCUT2D eigenvalue weighted by Gasteiger charge is -2.39. The zero-order valence-electron chi connectivity index (χ0n) is 13.7. The third-order valence-electron chi connectivity index (χ3n) is 3.54. The molecule has 0 aliphatic carbocycles. The Balaban J connectivity index is 2.17.